The highest BCUT2D eigenvalue weighted by molar-refractivity contribution is 5.75. The van der Waals surface area contributed by atoms with Crippen LogP contribution in [0.4, 0.5) is 9.59 Å². The van der Waals surface area contributed by atoms with E-state index in [0.717, 1.165) is 71.4 Å². The largest absolute Gasteiger partial charge is 0.450 e. The lowest BCUT2D eigenvalue weighted by atomic mass is 9.68. The molecular formula is C25H40N4O3. The molecule has 0 unspecified atom stereocenters. The zero-order valence-electron chi connectivity index (χ0n) is 19.6. The average molecular weight is 445 g/mol. The number of likely N-dealkylation sites (tertiary alicyclic amines) is 2. The van der Waals surface area contributed by atoms with Crippen LogP contribution in [-0.2, 0) is 16.7 Å². The number of carbonyl (C=O) groups is 2. The van der Waals surface area contributed by atoms with Gasteiger partial charge in [-0.05, 0) is 63.2 Å². The summed E-state index contributed by atoms with van der Waals surface area (Å²) in [6.07, 6.45) is 4.93. The Kier molecular flexibility index (Phi) is 7.23. The van der Waals surface area contributed by atoms with Gasteiger partial charge in [0.05, 0.1) is 6.61 Å². The third kappa shape index (κ3) is 4.72. The van der Waals surface area contributed by atoms with E-state index in [1.54, 1.807) is 0 Å². The summed E-state index contributed by atoms with van der Waals surface area (Å²) >= 11 is 0. The van der Waals surface area contributed by atoms with Gasteiger partial charge >= 0.3 is 12.1 Å². The van der Waals surface area contributed by atoms with Gasteiger partial charge in [0.2, 0.25) is 0 Å². The van der Waals surface area contributed by atoms with E-state index in [9.17, 15) is 9.59 Å². The number of amides is 3. The van der Waals surface area contributed by atoms with Crippen LogP contribution in [0.2, 0.25) is 0 Å². The van der Waals surface area contributed by atoms with Gasteiger partial charge < -0.3 is 24.8 Å². The molecule has 32 heavy (non-hydrogen) atoms. The third-order valence-electron chi connectivity index (χ3n) is 7.52. The molecule has 4 rings (SSSR count). The highest BCUT2D eigenvalue weighted by atomic mass is 16.6. The van der Waals surface area contributed by atoms with Crippen molar-refractivity contribution in [2.45, 2.75) is 64.0 Å². The van der Waals surface area contributed by atoms with Gasteiger partial charge in [-0.15, -0.1) is 0 Å². The van der Waals surface area contributed by atoms with Crippen molar-refractivity contribution in [3.8, 4) is 0 Å². The van der Waals surface area contributed by atoms with E-state index in [0.29, 0.717) is 19.2 Å². The number of rotatable bonds is 4. The van der Waals surface area contributed by atoms with Crippen molar-refractivity contribution in [3.63, 3.8) is 0 Å². The summed E-state index contributed by atoms with van der Waals surface area (Å²) in [7, 11) is 0. The van der Waals surface area contributed by atoms with Gasteiger partial charge in [0, 0.05) is 45.6 Å². The first-order chi connectivity index (χ1) is 15.6. The Labute approximate surface area is 193 Å². The molecule has 0 radical (unpaired) electrons. The molecule has 1 aromatic carbocycles. The lowest BCUT2D eigenvalue weighted by molar-refractivity contribution is 0.0471. The maximum absolute atomic E-state index is 12.8. The van der Waals surface area contributed by atoms with Crippen LogP contribution in [0.5, 0.6) is 0 Å². The van der Waals surface area contributed by atoms with Crippen LogP contribution in [0.1, 0.15) is 58.5 Å². The van der Waals surface area contributed by atoms with Crippen molar-refractivity contribution in [3.05, 3.63) is 35.4 Å². The standard InChI is InChI=1S/C25H38N4O3.H2/c1-3-13-26-23(30)29-18-20-7-5-6-8-22(20)25(19-29)11-16-27(17-12-25)21-9-14-28(15-10-21)24(31)32-4-2;/h5-8,21H,3-4,9-19H2,1-2H3,(H,26,30);1H. The predicted octanol–water partition coefficient (Wildman–Crippen LogP) is 3.82. The molecule has 3 aliphatic rings. The molecule has 0 saturated carbocycles. The molecule has 3 heterocycles. The minimum absolute atomic E-state index is 0. The Morgan fingerprint density at radius 3 is 2.50 bits per heavy atom. The third-order valence-corrected chi connectivity index (χ3v) is 7.52. The summed E-state index contributed by atoms with van der Waals surface area (Å²) in [5.74, 6) is 0. The number of urea groups is 1. The first kappa shape index (κ1) is 22.9. The Hall–Kier alpha value is -2.28. The molecular weight excluding hydrogens is 404 g/mol. The summed E-state index contributed by atoms with van der Waals surface area (Å²) < 4.78 is 5.16. The first-order valence-electron chi connectivity index (χ1n) is 12.3. The molecule has 1 aromatic rings. The highest BCUT2D eigenvalue weighted by Gasteiger charge is 2.44. The first-order valence-corrected chi connectivity index (χ1v) is 12.3. The fourth-order valence-corrected chi connectivity index (χ4v) is 5.75. The van der Waals surface area contributed by atoms with Gasteiger partial charge in [-0.25, -0.2) is 9.59 Å². The van der Waals surface area contributed by atoms with E-state index in [2.05, 4.69) is 41.4 Å². The van der Waals surface area contributed by atoms with Crippen LogP contribution in [-0.4, -0.2) is 78.7 Å². The summed E-state index contributed by atoms with van der Waals surface area (Å²) in [5, 5.41) is 3.07. The lowest BCUT2D eigenvalue weighted by Crippen LogP contribution is -2.57. The lowest BCUT2D eigenvalue weighted by Gasteiger charge is -2.50. The maximum atomic E-state index is 12.8. The van der Waals surface area contributed by atoms with Crippen LogP contribution in [0.15, 0.2) is 24.3 Å². The van der Waals surface area contributed by atoms with Gasteiger partial charge in [0.1, 0.15) is 0 Å². The van der Waals surface area contributed by atoms with Crippen molar-refractivity contribution in [2.75, 3.05) is 45.9 Å². The molecule has 0 atom stereocenters. The van der Waals surface area contributed by atoms with E-state index in [1.807, 2.05) is 16.7 Å². The summed E-state index contributed by atoms with van der Waals surface area (Å²) in [5.41, 5.74) is 2.78. The Bertz CT molecular complexity index is 805. The van der Waals surface area contributed by atoms with Crippen molar-refractivity contribution in [1.82, 2.24) is 20.0 Å². The normalized spacial score (nSPS) is 21.3. The van der Waals surface area contributed by atoms with Crippen LogP contribution in [0.3, 0.4) is 0 Å². The number of fused-ring (bicyclic) bond motifs is 2. The molecule has 1 spiro atoms. The molecule has 0 bridgehead atoms. The molecule has 0 aromatic heterocycles. The van der Waals surface area contributed by atoms with Gasteiger partial charge in [0.25, 0.3) is 0 Å². The number of nitrogens with one attached hydrogen (secondary N) is 1. The Morgan fingerprint density at radius 2 is 1.81 bits per heavy atom. The van der Waals surface area contributed by atoms with E-state index >= 15 is 0 Å². The zero-order chi connectivity index (χ0) is 22.6. The van der Waals surface area contributed by atoms with Crippen LogP contribution in [0.25, 0.3) is 0 Å². The minimum atomic E-state index is -0.177. The number of benzene rings is 1. The van der Waals surface area contributed by atoms with Crippen molar-refractivity contribution < 1.29 is 15.8 Å². The van der Waals surface area contributed by atoms with Gasteiger partial charge in [0.15, 0.2) is 0 Å². The Morgan fingerprint density at radius 1 is 1.09 bits per heavy atom. The molecule has 7 heteroatoms. The number of hydrogen-bond donors (Lipinski definition) is 1. The smallest absolute Gasteiger partial charge is 0.409 e. The van der Waals surface area contributed by atoms with Crippen LogP contribution in [0, 0.1) is 0 Å². The maximum Gasteiger partial charge on any atom is 0.409 e. The second-order valence-electron chi connectivity index (χ2n) is 9.48. The topological polar surface area (TPSA) is 65.1 Å². The minimum Gasteiger partial charge on any atom is -0.450 e. The number of hydrogen-bond acceptors (Lipinski definition) is 4. The van der Waals surface area contributed by atoms with Gasteiger partial charge in [-0.2, -0.15) is 0 Å². The number of piperidine rings is 2. The summed E-state index contributed by atoms with van der Waals surface area (Å²) in [4.78, 5) is 31.3. The fourth-order valence-electron chi connectivity index (χ4n) is 5.75. The zero-order valence-corrected chi connectivity index (χ0v) is 19.6. The SMILES string of the molecule is CCCNC(=O)N1Cc2ccccc2C2(CCN(C3CCN(C(=O)OCC)CC3)CC2)C1.[HH]. The monoisotopic (exact) mass is 444 g/mol. The van der Waals surface area contributed by atoms with Crippen molar-refractivity contribution in [1.29, 1.82) is 0 Å². The number of nitrogens with zero attached hydrogens (tertiary/aromatic N) is 3. The van der Waals surface area contributed by atoms with Gasteiger partial charge in [-0.3, -0.25) is 0 Å². The highest BCUT2D eigenvalue weighted by Crippen LogP contribution is 2.42. The van der Waals surface area contributed by atoms with Crippen LogP contribution < -0.4 is 5.32 Å². The van der Waals surface area contributed by atoms with E-state index in [-0.39, 0.29) is 19.0 Å². The predicted molar refractivity (Wildman–Crippen MR) is 127 cm³/mol. The fraction of sp³-hybridized carbons (Fsp3) is 0.680. The Balaban J connectivity index is 0.00000306. The molecule has 2 saturated heterocycles. The second kappa shape index (κ2) is 10.1. The van der Waals surface area contributed by atoms with Crippen LogP contribution >= 0.6 is 0 Å². The van der Waals surface area contributed by atoms with E-state index in [4.69, 9.17) is 4.74 Å². The molecule has 178 valence electrons. The molecule has 3 aliphatic heterocycles. The number of carbonyl (C=O) groups excluding carboxylic acids is 2. The van der Waals surface area contributed by atoms with E-state index < -0.39 is 0 Å². The van der Waals surface area contributed by atoms with Gasteiger partial charge in [-0.1, -0.05) is 31.2 Å². The molecule has 1 N–H and O–H groups in total. The molecule has 3 amide bonds. The molecule has 7 nitrogen and oxygen atoms in total. The van der Waals surface area contributed by atoms with Crippen molar-refractivity contribution in [2.24, 2.45) is 0 Å². The molecule has 2 fully saturated rings. The average Bonchev–Trinajstić information content (AvgIpc) is 2.83. The van der Waals surface area contributed by atoms with Crippen molar-refractivity contribution >= 4 is 12.1 Å². The second-order valence-corrected chi connectivity index (χ2v) is 9.48. The quantitative estimate of drug-likeness (QED) is 0.767. The summed E-state index contributed by atoms with van der Waals surface area (Å²) in [6, 6.07) is 9.30. The molecule has 0 aliphatic carbocycles. The number of ether oxygens (including phenoxy) is 1. The summed E-state index contributed by atoms with van der Waals surface area (Å²) in [6.45, 7) is 10.2. The van der Waals surface area contributed by atoms with E-state index in [1.165, 1.54) is 11.1 Å².